The zero-order valence-corrected chi connectivity index (χ0v) is 10.6. The highest BCUT2D eigenvalue weighted by Crippen LogP contribution is 2.26. The molecule has 2 aromatic heterocycles. The third-order valence-electron chi connectivity index (χ3n) is 1.87. The van der Waals surface area contributed by atoms with Crippen molar-refractivity contribution < 1.29 is 0 Å². The van der Waals surface area contributed by atoms with Gasteiger partial charge in [-0.3, -0.25) is 0 Å². The van der Waals surface area contributed by atoms with Gasteiger partial charge in [0.25, 0.3) is 0 Å². The van der Waals surface area contributed by atoms with E-state index in [2.05, 4.69) is 20.4 Å². The predicted molar refractivity (Wildman–Crippen MR) is 67.9 cm³/mol. The van der Waals surface area contributed by atoms with Gasteiger partial charge < -0.3 is 5.43 Å². The average molecular weight is 268 g/mol. The number of aryl methyl sites for hydroxylation is 1. The summed E-state index contributed by atoms with van der Waals surface area (Å²) in [5.41, 5.74) is 2.50. The number of nitrogens with zero attached hydrogens (tertiary/aromatic N) is 3. The molecular formula is C10H10ClN5S. The number of hydrogen-bond donors (Lipinski definition) is 2. The van der Waals surface area contributed by atoms with Gasteiger partial charge in [0.15, 0.2) is 0 Å². The van der Waals surface area contributed by atoms with Gasteiger partial charge in [-0.1, -0.05) is 11.6 Å². The summed E-state index contributed by atoms with van der Waals surface area (Å²) in [5, 5.41) is 2.20. The number of nitrogens with one attached hydrogen (secondary N) is 1. The molecule has 0 amide bonds. The average Bonchev–Trinajstić information content (AvgIpc) is 2.31. The monoisotopic (exact) mass is 267 g/mol. The van der Waals surface area contributed by atoms with Crippen LogP contribution in [0.2, 0.25) is 5.02 Å². The van der Waals surface area contributed by atoms with Crippen molar-refractivity contribution in [2.45, 2.75) is 17.0 Å². The molecule has 7 heteroatoms. The van der Waals surface area contributed by atoms with Crippen LogP contribution in [-0.2, 0) is 0 Å². The van der Waals surface area contributed by atoms with E-state index < -0.39 is 0 Å². The number of hydrogen-bond acceptors (Lipinski definition) is 6. The quantitative estimate of drug-likeness (QED) is 0.505. The van der Waals surface area contributed by atoms with Crippen LogP contribution in [0.4, 0.5) is 5.82 Å². The molecule has 0 aliphatic heterocycles. The maximum Gasteiger partial charge on any atom is 0.144 e. The molecule has 0 radical (unpaired) electrons. The van der Waals surface area contributed by atoms with Gasteiger partial charge in [-0.15, -0.1) is 0 Å². The van der Waals surface area contributed by atoms with E-state index in [1.165, 1.54) is 11.8 Å². The maximum atomic E-state index is 5.76. The van der Waals surface area contributed by atoms with E-state index in [0.717, 1.165) is 10.1 Å². The van der Waals surface area contributed by atoms with Crippen molar-refractivity contribution in [2.75, 3.05) is 5.43 Å². The summed E-state index contributed by atoms with van der Waals surface area (Å²) in [7, 11) is 0. The number of nitrogens with two attached hydrogens (primary N) is 1. The Labute approximate surface area is 108 Å². The van der Waals surface area contributed by atoms with Crippen molar-refractivity contribution in [3.63, 3.8) is 0 Å². The summed E-state index contributed by atoms with van der Waals surface area (Å²) >= 11 is 7.19. The molecule has 0 unspecified atom stereocenters. The van der Waals surface area contributed by atoms with Gasteiger partial charge in [-0.25, -0.2) is 20.8 Å². The topological polar surface area (TPSA) is 76.7 Å². The summed E-state index contributed by atoms with van der Waals surface area (Å²) in [5.74, 6) is 6.55. The molecule has 0 aliphatic carbocycles. The number of aromatic nitrogens is 3. The summed E-state index contributed by atoms with van der Waals surface area (Å²) in [6, 6.07) is 5.38. The van der Waals surface area contributed by atoms with Crippen LogP contribution in [0.5, 0.6) is 0 Å². The van der Waals surface area contributed by atoms with Crippen LogP contribution in [0.1, 0.15) is 5.82 Å². The zero-order valence-electron chi connectivity index (χ0n) is 9.01. The molecule has 2 heterocycles. The van der Waals surface area contributed by atoms with Gasteiger partial charge in [0.05, 0.1) is 5.02 Å². The molecule has 0 saturated carbocycles. The summed E-state index contributed by atoms with van der Waals surface area (Å²) in [6.45, 7) is 1.81. The SMILES string of the molecule is Cc1nc(NN)cc(Sc2ccc(Cl)cn2)n1. The number of nitrogen functional groups attached to an aromatic ring is 1. The number of pyridine rings is 1. The van der Waals surface area contributed by atoms with Crippen molar-refractivity contribution in [3.05, 3.63) is 35.2 Å². The zero-order chi connectivity index (χ0) is 12.3. The first-order chi connectivity index (χ1) is 8.17. The van der Waals surface area contributed by atoms with Gasteiger partial charge in [-0.2, -0.15) is 0 Å². The highest BCUT2D eigenvalue weighted by molar-refractivity contribution is 7.99. The first-order valence-corrected chi connectivity index (χ1v) is 5.98. The Morgan fingerprint density at radius 1 is 1.29 bits per heavy atom. The lowest BCUT2D eigenvalue weighted by Gasteiger charge is -2.04. The Morgan fingerprint density at radius 2 is 2.12 bits per heavy atom. The van der Waals surface area contributed by atoms with E-state index >= 15 is 0 Å². The standard InChI is InChI=1S/C10H10ClN5S/c1-6-14-8(16-12)4-10(15-6)17-9-3-2-7(11)5-13-9/h2-5H,12H2,1H3,(H,14,15,16). The molecule has 0 fully saturated rings. The molecular weight excluding hydrogens is 258 g/mol. The summed E-state index contributed by atoms with van der Waals surface area (Å²) in [6.07, 6.45) is 1.60. The van der Waals surface area contributed by atoms with Crippen LogP contribution in [0.15, 0.2) is 34.4 Å². The lowest BCUT2D eigenvalue weighted by Crippen LogP contribution is -2.09. The molecule has 88 valence electrons. The molecule has 0 spiro atoms. The van der Waals surface area contributed by atoms with Crippen LogP contribution >= 0.6 is 23.4 Å². The van der Waals surface area contributed by atoms with E-state index in [0.29, 0.717) is 16.7 Å². The highest BCUT2D eigenvalue weighted by atomic mass is 35.5. The predicted octanol–water partition coefficient (Wildman–Crippen LogP) is 2.27. The fraction of sp³-hybridized carbons (Fsp3) is 0.100. The van der Waals surface area contributed by atoms with Gasteiger partial charge in [0.1, 0.15) is 21.7 Å². The van der Waals surface area contributed by atoms with Crippen molar-refractivity contribution >= 4 is 29.2 Å². The van der Waals surface area contributed by atoms with Crippen LogP contribution in [0.25, 0.3) is 0 Å². The van der Waals surface area contributed by atoms with Gasteiger partial charge >= 0.3 is 0 Å². The van der Waals surface area contributed by atoms with E-state index in [1.807, 2.05) is 6.07 Å². The number of hydrazine groups is 1. The second-order valence-corrected chi connectivity index (χ2v) is 4.68. The third-order valence-corrected chi connectivity index (χ3v) is 2.96. The maximum absolute atomic E-state index is 5.76. The number of halogens is 1. The van der Waals surface area contributed by atoms with Gasteiger partial charge in [0, 0.05) is 12.3 Å². The second kappa shape index (κ2) is 5.31. The molecule has 0 bridgehead atoms. The fourth-order valence-corrected chi connectivity index (χ4v) is 2.11. The van der Waals surface area contributed by atoms with Crippen molar-refractivity contribution in [2.24, 2.45) is 5.84 Å². The molecule has 3 N–H and O–H groups in total. The normalized spacial score (nSPS) is 10.3. The Bertz CT molecular complexity index is 517. The summed E-state index contributed by atoms with van der Waals surface area (Å²) < 4.78 is 0. The summed E-state index contributed by atoms with van der Waals surface area (Å²) in [4.78, 5) is 12.6. The smallest absolute Gasteiger partial charge is 0.144 e. The van der Waals surface area contributed by atoms with E-state index in [9.17, 15) is 0 Å². The Kier molecular flexibility index (Phi) is 3.78. The minimum Gasteiger partial charge on any atom is -0.308 e. The van der Waals surface area contributed by atoms with E-state index in [-0.39, 0.29) is 0 Å². The van der Waals surface area contributed by atoms with E-state index in [1.54, 1.807) is 25.3 Å². The van der Waals surface area contributed by atoms with Crippen LogP contribution in [0.3, 0.4) is 0 Å². The lowest BCUT2D eigenvalue weighted by atomic mass is 10.5. The Morgan fingerprint density at radius 3 is 2.76 bits per heavy atom. The molecule has 0 aliphatic rings. The molecule has 0 aromatic carbocycles. The molecule has 0 saturated heterocycles. The number of anilines is 1. The second-order valence-electron chi connectivity index (χ2n) is 3.20. The Balaban J connectivity index is 2.23. The van der Waals surface area contributed by atoms with Crippen LogP contribution < -0.4 is 11.3 Å². The van der Waals surface area contributed by atoms with E-state index in [4.69, 9.17) is 17.4 Å². The molecule has 0 atom stereocenters. The minimum atomic E-state index is 0.578. The largest absolute Gasteiger partial charge is 0.308 e. The highest BCUT2D eigenvalue weighted by Gasteiger charge is 2.04. The molecule has 5 nitrogen and oxygen atoms in total. The van der Waals surface area contributed by atoms with Crippen molar-refractivity contribution in [1.82, 2.24) is 15.0 Å². The molecule has 17 heavy (non-hydrogen) atoms. The lowest BCUT2D eigenvalue weighted by molar-refractivity contribution is 0.960. The van der Waals surface area contributed by atoms with Gasteiger partial charge in [-0.05, 0) is 30.8 Å². The minimum absolute atomic E-state index is 0.578. The van der Waals surface area contributed by atoms with Crippen molar-refractivity contribution in [1.29, 1.82) is 0 Å². The fourth-order valence-electron chi connectivity index (χ4n) is 1.20. The van der Waals surface area contributed by atoms with Crippen LogP contribution in [0, 0.1) is 6.92 Å². The first-order valence-electron chi connectivity index (χ1n) is 4.79. The Hall–Kier alpha value is -1.37. The third kappa shape index (κ3) is 3.29. The first kappa shape index (κ1) is 12.1. The molecule has 2 aromatic rings. The van der Waals surface area contributed by atoms with Crippen molar-refractivity contribution in [3.8, 4) is 0 Å². The van der Waals surface area contributed by atoms with Crippen LogP contribution in [-0.4, -0.2) is 15.0 Å². The number of rotatable bonds is 3. The molecule has 2 rings (SSSR count). The van der Waals surface area contributed by atoms with Gasteiger partial charge in [0.2, 0.25) is 0 Å².